The highest BCUT2D eigenvalue weighted by atomic mass is 79.9. The third-order valence-electron chi connectivity index (χ3n) is 5.37. The zero-order chi connectivity index (χ0) is 25.8. The van der Waals surface area contributed by atoms with E-state index in [1.807, 2.05) is 26.0 Å². The molecule has 4 rings (SSSR count). The van der Waals surface area contributed by atoms with Crippen LogP contribution in [0.15, 0.2) is 62.5 Å². The number of ether oxygens (including phenoxy) is 2. The molecule has 10 heteroatoms. The second-order valence-electron chi connectivity index (χ2n) is 8.01. The van der Waals surface area contributed by atoms with Gasteiger partial charge in [-0.1, -0.05) is 46.0 Å². The van der Waals surface area contributed by atoms with E-state index >= 15 is 0 Å². The molecular weight excluding hydrogens is 564 g/mol. The van der Waals surface area contributed by atoms with Crippen molar-refractivity contribution in [2.75, 3.05) is 19.0 Å². The number of nitrogens with one attached hydrogen (secondary N) is 1. The van der Waals surface area contributed by atoms with Crippen molar-refractivity contribution in [3.8, 4) is 11.5 Å². The van der Waals surface area contributed by atoms with Gasteiger partial charge in [0.1, 0.15) is 10.1 Å². The van der Waals surface area contributed by atoms with Gasteiger partial charge in [0.2, 0.25) is 0 Å². The summed E-state index contributed by atoms with van der Waals surface area (Å²) in [5, 5.41) is 2.90. The number of halogens is 1. The smallest absolute Gasteiger partial charge is 0.266 e. The number of amides is 2. The number of hydrogen-bond acceptors (Lipinski definition) is 7. The number of aryl methyl sites for hydroxylation is 2. The molecule has 2 heterocycles. The Balaban J connectivity index is 1.42. The maximum atomic E-state index is 12.9. The number of rotatable bonds is 8. The van der Waals surface area contributed by atoms with Gasteiger partial charge in [-0.25, -0.2) is 0 Å². The van der Waals surface area contributed by atoms with Crippen molar-refractivity contribution in [3.05, 3.63) is 80.6 Å². The number of nitrogens with zero attached hydrogens (tertiary/aromatic N) is 1. The highest BCUT2D eigenvalue weighted by Crippen LogP contribution is 2.35. The van der Waals surface area contributed by atoms with Crippen molar-refractivity contribution < 1.29 is 23.5 Å². The summed E-state index contributed by atoms with van der Waals surface area (Å²) in [6.45, 7) is 3.96. The third kappa shape index (κ3) is 6.00. The Kier molecular flexibility index (Phi) is 8.17. The van der Waals surface area contributed by atoms with Crippen LogP contribution in [0, 0.1) is 13.8 Å². The van der Waals surface area contributed by atoms with Crippen LogP contribution in [0.25, 0.3) is 6.08 Å². The number of carbonyl (C=O) groups excluding carboxylic acids is 2. The highest BCUT2D eigenvalue weighted by Gasteiger charge is 2.32. The summed E-state index contributed by atoms with van der Waals surface area (Å²) in [6.07, 6.45) is 3.31. The molecular formula is C26H23BrN2O5S2. The Bertz CT molecular complexity index is 1330. The number of benzene rings is 2. The zero-order valence-electron chi connectivity index (χ0n) is 19.8. The molecule has 0 saturated carbocycles. The van der Waals surface area contributed by atoms with Gasteiger partial charge < -0.3 is 19.2 Å². The second kappa shape index (κ2) is 11.3. The molecule has 2 aromatic carbocycles. The summed E-state index contributed by atoms with van der Waals surface area (Å²) in [5.41, 5.74) is 3.40. The van der Waals surface area contributed by atoms with E-state index in [1.54, 1.807) is 42.7 Å². The number of furan rings is 1. The first-order valence-electron chi connectivity index (χ1n) is 10.9. The molecule has 0 atom stereocenters. The number of carbonyl (C=O) groups is 2. The van der Waals surface area contributed by atoms with Crippen LogP contribution < -0.4 is 14.8 Å². The lowest BCUT2D eigenvalue weighted by Gasteiger charge is -2.14. The van der Waals surface area contributed by atoms with Crippen LogP contribution in [0.2, 0.25) is 0 Å². The SMILES string of the molecule is COc1cc(/C=C2\SC(=S)N(Cc3ccco3)C2=O)ccc1OCC(=O)Nc1c(C)cc(Br)cc1C. The predicted octanol–water partition coefficient (Wildman–Crippen LogP) is 6.09. The Hall–Kier alpha value is -3.08. The minimum Gasteiger partial charge on any atom is -0.493 e. The Morgan fingerprint density at radius 1 is 1.19 bits per heavy atom. The molecule has 1 aromatic heterocycles. The van der Waals surface area contributed by atoms with Gasteiger partial charge in [0.25, 0.3) is 11.8 Å². The third-order valence-corrected chi connectivity index (χ3v) is 7.21. The Morgan fingerprint density at radius 2 is 1.94 bits per heavy atom. The van der Waals surface area contributed by atoms with E-state index in [2.05, 4.69) is 21.2 Å². The average Bonchev–Trinajstić information content (AvgIpc) is 3.44. The number of anilines is 1. The molecule has 1 aliphatic heterocycles. The molecule has 1 N–H and O–H groups in total. The average molecular weight is 588 g/mol. The van der Waals surface area contributed by atoms with E-state index in [9.17, 15) is 9.59 Å². The fourth-order valence-corrected chi connectivity index (χ4v) is 5.61. The number of methoxy groups -OCH3 is 1. The van der Waals surface area contributed by atoms with Crippen LogP contribution in [0.3, 0.4) is 0 Å². The van der Waals surface area contributed by atoms with Crippen LogP contribution in [0.5, 0.6) is 11.5 Å². The van der Waals surface area contributed by atoms with Gasteiger partial charge >= 0.3 is 0 Å². The Labute approximate surface area is 227 Å². The van der Waals surface area contributed by atoms with Gasteiger partial charge in [0.15, 0.2) is 18.1 Å². The van der Waals surface area contributed by atoms with Crippen molar-refractivity contribution in [3.63, 3.8) is 0 Å². The fraction of sp³-hybridized carbons (Fsp3) is 0.192. The van der Waals surface area contributed by atoms with Crippen molar-refractivity contribution in [2.24, 2.45) is 0 Å². The van der Waals surface area contributed by atoms with E-state index < -0.39 is 0 Å². The van der Waals surface area contributed by atoms with E-state index in [4.69, 9.17) is 26.1 Å². The molecule has 1 fully saturated rings. The van der Waals surface area contributed by atoms with E-state index in [0.29, 0.717) is 26.5 Å². The quantitative estimate of drug-likeness (QED) is 0.253. The van der Waals surface area contributed by atoms with Crippen molar-refractivity contribution in [2.45, 2.75) is 20.4 Å². The van der Waals surface area contributed by atoms with E-state index in [0.717, 1.165) is 26.9 Å². The van der Waals surface area contributed by atoms with E-state index in [-0.39, 0.29) is 25.0 Å². The first kappa shape index (κ1) is 26.0. The maximum absolute atomic E-state index is 12.9. The monoisotopic (exact) mass is 586 g/mol. The lowest BCUT2D eigenvalue weighted by Crippen LogP contribution is -2.27. The van der Waals surface area contributed by atoms with Crippen LogP contribution in [-0.4, -0.2) is 34.8 Å². The molecule has 0 unspecified atom stereocenters. The maximum Gasteiger partial charge on any atom is 0.266 e. The van der Waals surface area contributed by atoms with Gasteiger partial charge in [-0.05, 0) is 73.0 Å². The minimum atomic E-state index is -0.283. The summed E-state index contributed by atoms with van der Waals surface area (Å²) in [7, 11) is 1.52. The molecule has 0 spiro atoms. The molecule has 1 aliphatic rings. The van der Waals surface area contributed by atoms with Crippen molar-refractivity contribution in [1.29, 1.82) is 0 Å². The number of hydrogen-bond donors (Lipinski definition) is 1. The molecule has 7 nitrogen and oxygen atoms in total. The predicted molar refractivity (Wildman–Crippen MR) is 148 cm³/mol. The normalized spacial score (nSPS) is 14.4. The molecule has 36 heavy (non-hydrogen) atoms. The summed E-state index contributed by atoms with van der Waals surface area (Å²) >= 11 is 10.1. The van der Waals surface area contributed by atoms with Gasteiger partial charge in [-0.15, -0.1) is 0 Å². The molecule has 0 radical (unpaired) electrons. The lowest BCUT2D eigenvalue weighted by molar-refractivity contribution is -0.122. The summed E-state index contributed by atoms with van der Waals surface area (Å²) < 4.78 is 17.9. The molecule has 2 amide bonds. The lowest BCUT2D eigenvalue weighted by atomic mass is 10.1. The van der Waals surface area contributed by atoms with Gasteiger partial charge in [0, 0.05) is 10.2 Å². The molecule has 186 valence electrons. The summed E-state index contributed by atoms with van der Waals surface area (Å²) in [6, 6.07) is 12.7. The van der Waals surface area contributed by atoms with Crippen LogP contribution in [-0.2, 0) is 16.1 Å². The van der Waals surface area contributed by atoms with Gasteiger partial charge in [-0.2, -0.15) is 0 Å². The second-order valence-corrected chi connectivity index (χ2v) is 10.6. The summed E-state index contributed by atoms with van der Waals surface area (Å²) in [4.78, 5) is 27.4. The van der Waals surface area contributed by atoms with Crippen LogP contribution in [0.1, 0.15) is 22.5 Å². The summed E-state index contributed by atoms with van der Waals surface area (Å²) in [5.74, 6) is 1.05. The Morgan fingerprint density at radius 3 is 2.61 bits per heavy atom. The first-order chi connectivity index (χ1) is 17.2. The van der Waals surface area contributed by atoms with Crippen molar-refractivity contribution in [1.82, 2.24) is 4.90 Å². The minimum absolute atomic E-state index is 0.184. The van der Waals surface area contributed by atoms with Gasteiger partial charge in [-0.3, -0.25) is 14.5 Å². The molecule has 0 bridgehead atoms. The highest BCUT2D eigenvalue weighted by molar-refractivity contribution is 9.10. The van der Waals surface area contributed by atoms with Crippen LogP contribution in [0.4, 0.5) is 5.69 Å². The zero-order valence-corrected chi connectivity index (χ0v) is 23.0. The van der Waals surface area contributed by atoms with Gasteiger partial charge in [0.05, 0.1) is 24.8 Å². The molecule has 1 saturated heterocycles. The standard InChI is InChI=1S/C26H23BrN2O5S2/c1-15-9-18(27)10-16(2)24(15)28-23(30)14-34-20-7-6-17(11-21(20)32-3)12-22-25(31)29(26(35)36-22)13-19-5-4-8-33-19/h4-12H,13-14H2,1-3H3,(H,28,30)/b22-12-. The fourth-order valence-electron chi connectivity index (χ4n) is 3.67. The van der Waals surface area contributed by atoms with Crippen LogP contribution >= 0.6 is 39.9 Å². The number of thioether (sulfide) groups is 1. The number of thiocarbonyl (C=S) groups is 1. The van der Waals surface area contributed by atoms with E-state index in [1.165, 1.54) is 23.8 Å². The first-order valence-corrected chi connectivity index (χ1v) is 12.9. The molecule has 3 aromatic rings. The molecule has 0 aliphatic carbocycles. The largest absolute Gasteiger partial charge is 0.493 e. The topological polar surface area (TPSA) is 81.0 Å². The van der Waals surface area contributed by atoms with Crippen molar-refractivity contribution >= 4 is 67.8 Å².